The SMILES string of the molecule is CN(C)C(=O)CNC(=NCc1ccccc1F)NC1CCCC1.I. The van der Waals surface area contributed by atoms with Gasteiger partial charge in [0.2, 0.25) is 5.91 Å². The van der Waals surface area contributed by atoms with E-state index < -0.39 is 0 Å². The highest BCUT2D eigenvalue weighted by atomic mass is 127. The van der Waals surface area contributed by atoms with Crippen molar-refractivity contribution in [1.82, 2.24) is 15.5 Å². The topological polar surface area (TPSA) is 56.7 Å². The molecule has 0 bridgehead atoms. The molecular weight excluding hydrogens is 422 g/mol. The number of rotatable bonds is 5. The van der Waals surface area contributed by atoms with Crippen LogP contribution in [-0.4, -0.2) is 43.4 Å². The molecule has 0 heterocycles. The van der Waals surface area contributed by atoms with E-state index in [1.807, 2.05) is 0 Å². The number of halogens is 2. The summed E-state index contributed by atoms with van der Waals surface area (Å²) in [6.07, 6.45) is 4.60. The van der Waals surface area contributed by atoms with Gasteiger partial charge in [0.1, 0.15) is 5.82 Å². The zero-order valence-electron chi connectivity index (χ0n) is 14.2. The molecule has 2 N–H and O–H groups in total. The Morgan fingerprint density at radius 2 is 1.96 bits per heavy atom. The van der Waals surface area contributed by atoms with Crippen LogP contribution >= 0.6 is 24.0 Å². The zero-order chi connectivity index (χ0) is 16.7. The molecule has 7 heteroatoms. The summed E-state index contributed by atoms with van der Waals surface area (Å²) in [6.45, 7) is 0.410. The number of amides is 1. The highest BCUT2D eigenvalue weighted by Gasteiger charge is 2.16. The Hall–Kier alpha value is -1.38. The number of nitrogens with one attached hydrogen (secondary N) is 2. The van der Waals surface area contributed by atoms with Crippen LogP contribution in [0.3, 0.4) is 0 Å². The second-order valence-electron chi connectivity index (χ2n) is 6.02. The van der Waals surface area contributed by atoms with Crippen LogP contribution in [0.15, 0.2) is 29.3 Å². The van der Waals surface area contributed by atoms with Crippen molar-refractivity contribution in [2.75, 3.05) is 20.6 Å². The number of aliphatic imine (C=N–C) groups is 1. The van der Waals surface area contributed by atoms with E-state index in [0.29, 0.717) is 17.6 Å². The number of benzene rings is 1. The summed E-state index contributed by atoms with van der Waals surface area (Å²) in [5.74, 6) is 0.271. The highest BCUT2D eigenvalue weighted by Crippen LogP contribution is 2.17. The van der Waals surface area contributed by atoms with E-state index in [9.17, 15) is 9.18 Å². The third kappa shape index (κ3) is 6.62. The van der Waals surface area contributed by atoms with E-state index in [-0.39, 0.29) is 48.8 Å². The minimum absolute atomic E-state index is 0. The highest BCUT2D eigenvalue weighted by molar-refractivity contribution is 14.0. The van der Waals surface area contributed by atoms with Gasteiger partial charge in [-0.2, -0.15) is 0 Å². The first kappa shape index (κ1) is 20.7. The van der Waals surface area contributed by atoms with Crippen molar-refractivity contribution in [3.05, 3.63) is 35.6 Å². The molecule has 5 nitrogen and oxygen atoms in total. The first-order valence-electron chi connectivity index (χ1n) is 8.04. The monoisotopic (exact) mass is 448 g/mol. The number of carbonyl (C=O) groups is 1. The van der Waals surface area contributed by atoms with Gasteiger partial charge in [-0.05, 0) is 18.9 Å². The van der Waals surface area contributed by atoms with E-state index in [0.717, 1.165) is 12.8 Å². The van der Waals surface area contributed by atoms with Gasteiger partial charge in [-0.1, -0.05) is 31.0 Å². The average Bonchev–Trinajstić information content (AvgIpc) is 3.03. The first-order valence-corrected chi connectivity index (χ1v) is 8.04. The van der Waals surface area contributed by atoms with Gasteiger partial charge in [-0.3, -0.25) is 4.79 Å². The van der Waals surface area contributed by atoms with Crippen molar-refractivity contribution in [1.29, 1.82) is 0 Å². The van der Waals surface area contributed by atoms with E-state index >= 15 is 0 Å². The predicted octanol–water partition coefficient (Wildman–Crippen LogP) is 2.51. The minimum Gasteiger partial charge on any atom is -0.354 e. The Balaban J connectivity index is 0.00000288. The molecular formula is C17H26FIN4O. The minimum atomic E-state index is -0.263. The number of hydrogen-bond acceptors (Lipinski definition) is 2. The van der Waals surface area contributed by atoms with Crippen molar-refractivity contribution in [3.63, 3.8) is 0 Å². The van der Waals surface area contributed by atoms with Crippen molar-refractivity contribution in [2.45, 2.75) is 38.3 Å². The van der Waals surface area contributed by atoms with Gasteiger partial charge in [0, 0.05) is 25.7 Å². The molecule has 2 rings (SSSR count). The first-order chi connectivity index (χ1) is 11.1. The molecule has 0 aliphatic heterocycles. The fourth-order valence-electron chi connectivity index (χ4n) is 2.52. The van der Waals surface area contributed by atoms with Gasteiger partial charge in [-0.25, -0.2) is 9.38 Å². The zero-order valence-corrected chi connectivity index (χ0v) is 16.5. The maximum absolute atomic E-state index is 13.7. The van der Waals surface area contributed by atoms with Crippen LogP contribution in [0.25, 0.3) is 0 Å². The van der Waals surface area contributed by atoms with Gasteiger partial charge >= 0.3 is 0 Å². The number of guanidine groups is 1. The molecule has 1 aromatic carbocycles. The second kappa shape index (κ2) is 10.5. The lowest BCUT2D eigenvalue weighted by molar-refractivity contribution is -0.127. The Bertz CT molecular complexity index is 559. The maximum atomic E-state index is 13.7. The molecule has 1 aromatic rings. The largest absolute Gasteiger partial charge is 0.354 e. The Morgan fingerprint density at radius 1 is 1.29 bits per heavy atom. The Morgan fingerprint density at radius 3 is 2.58 bits per heavy atom. The van der Waals surface area contributed by atoms with Crippen molar-refractivity contribution >= 4 is 35.8 Å². The Labute approximate surface area is 160 Å². The van der Waals surface area contributed by atoms with Crippen LogP contribution in [0, 0.1) is 5.82 Å². The molecule has 0 unspecified atom stereocenters. The lowest BCUT2D eigenvalue weighted by Gasteiger charge is -2.18. The number of nitrogens with zero attached hydrogens (tertiary/aromatic N) is 2. The molecule has 0 radical (unpaired) electrons. The van der Waals surface area contributed by atoms with Crippen molar-refractivity contribution in [2.24, 2.45) is 4.99 Å². The standard InChI is InChI=1S/C17H25FN4O.HI/c1-22(2)16(23)12-20-17(21-14-8-4-5-9-14)19-11-13-7-3-6-10-15(13)18;/h3,6-7,10,14H,4-5,8-9,11-12H2,1-2H3,(H2,19,20,21);1H. The summed E-state index contributed by atoms with van der Waals surface area (Å²) >= 11 is 0. The lowest BCUT2D eigenvalue weighted by atomic mass is 10.2. The van der Waals surface area contributed by atoms with Crippen LogP contribution in [0.2, 0.25) is 0 Å². The fourth-order valence-corrected chi connectivity index (χ4v) is 2.52. The Kier molecular flexibility index (Phi) is 9.02. The summed E-state index contributed by atoms with van der Waals surface area (Å²) in [5.41, 5.74) is 0.541. The molecule has 1 fully saturated rings. The number of carbonyl (C=O) groups excluding carboxylic acids is 1. The van der Waals surface area contributed by atoms with Crippen molar-refractivity contribution in [3.8, 4) is 0 Å². The number of hydrogen-bond donors (Lipinski definition) is 2. The third-order valence-electron chi connectivity index (χ3n) is 3.97. The van der Waals surface area contributed by atoms with Gasteiger partial charge < -0.3 is 15.5 Å². The van der Waals surface area contributed by atoms with E-state index in [1.165, 1.54) is 23.8 Å². The number of likely N-dealkylation sites (N-methyl/N-ethyl adjacent to an activating group) is 1. The fraction of sp³-hybridized carbons (Fsp3) is 0.529. The van der Waals surface area contributed by atoms with Gasteiger partial charge in [0.05, 0.1) is 13.1 Å². The summed E-state index contributed by atoms with van der Waals surface area (Å²) in [4.78, 5) is 17.7. The molecule has 0 atom stereocenters. The molecule has 1 amide bonds. The molecule has 24 heavy (non-hydrogen) atoms. The van der Waals surface area contributed by atoms with E-state index in [4.69, 9.17) is 0 Å². The van der Waals surface area contributed by atoms with E-state index in [1.54, 1.807) is 32.3 Å². The molecule has 134 valence electrons. The smallest absolute Gasteiger partial charge is 0.241 e. The molecule has 0 saturated heterocycles. The average molecular weight is 448 g/mol. The maximum Gasteiger partial charge on any atom is 0.241 e. The molecule has 0 aromatic heterocycles. The molecule has 1 saturated carbocycles. The summed E-state index contributed by atoms with van der Waals surface area (Å²) < 4.78 is 13.7. The lowest BCUT2D eigenvalue weighted by Crippen LogP contribution is -2.46. The van der Waals surface area contributed by atoms with Gasteiger partial charge in [-0.15, -0.1) is 24.0 Å². The summed E-state index contributed by atoms with van der Waals surface area (Å²) in [6, 6.07) is 6.97. The second-order valence-corrected chi connectivity index (χ2v) is 6.02. The molecule has 0 spiro atoms. The van der Waals surface area contributed by atoms with Crippen LogP contribution in [-0.2, 0) is 11.3 Å². The summed E-state index contributed by atoms with van der Waals surface area (Å²) in [5, 5.41) is 6.39. The van der Waals surface area contributed by atoms with Crippen LogP contribution < -0.4 is 10.6 Å². The van der Waals surface area contributed by atoms with Gasteiger partial charge in [0.25, 0.3) is 0 Å². The van der Waals surface area contributed by atoms with Crippen LogP contribution in [0.1, 0.15) is 31.2 Å². The van der Waals surface area contributed by atoms with Gasteiger partial charge in [0.15, 0.2) is 5.96 Å². The van der Waals surface area contributed by atoms with Crippen LogP contribution in [0.5, 0.6) is 0 Å². The molecule has 1 aliphatic rings. The van der Waals surface area contributed by atoms with E-state index in [2.05, 4.69) is 15.6 Å². The predicted molar refractivity (Wildman–Crippen MR) is 105 cm³/mol. The third-order valence-corrected chi connectivity index (χ3v) is 3.97. The van der Waals surface area contributed by atoms with Crippen molar-refractivity contribution < 1.29 is 9.18 Å². The normalized spacial score (nSPS) is 14.9. The molecule has 1 aliphatic carbocycles. The summed E-state index contributed by atoms with van der Waals surface area (Å²) in [7, 11) is 3.43. The quantitative estimate of drug-likeness (QED) is 0.414. The van der Waals surface area contributed by atoms with Crippen LogP contribution in [0.4, 0.5) is 4.39 Å².